The number of sulfonamides is 1. The molecule has 1 aliphatic heterocycles. The first kappa shape index (κ1) is 15.7. The number of carbonyl (C=O) groups is 1. The van der Waals surface area contributed by atoms with E-state index in [2.05, 4.69) is 4.72 Å². The van der Waals surface area contributed by atoms with Gasteiger partial charge in [0.25, 0.3) is 0 Å². The Morgan fingerprint density at radius 3 is 2.38 bits per heavy atom. The van der Waals surface area contributed by atoms with E-state index in [1.165, 1.54) is 12.1 Å². The third-order valence-corrected chi connectivity index (χ3v) is 4.68. The van der Waals surface area contributed by atoms with Crippen LogP contribution < -0.4 is 9.62 Å². The van der Waals surface area contributed by atoms with Crippen molar-refractivity contribution in [3.63, 3.8) is 0 Å². The number of rotatable bonds is 4. The predicted molar refractivity (Wildman–Crippen MR) is 75.7 cm³/mol. The summed E-state index contributed by atoms with van der Waals surface area (Å²) in [7, 11) is -8.39. The fraction of sp³-hybridized carbons (Fsp3) is 0.364. The molecule has 1 unspecified atom stereocenters. The summed E-state index contributed by atoms with van der Waals surface area (Å²) in [4.78, 5) is 12.9. The predicted octanol–water partition coefficient (Wildman–Crippen LogP) is 0.463. The summed E-state index contributed by atoms with van der Waals surface area (Å²) in [6.45, 7) is -0.347. The van der Waals surface area contributed by atoms with E-state index in [-0.39, 0.29) is 17.9 Å². The van der Waals surface area contributed by atoms with Crippen LogP contribution in [0.15, 0.2) is 24.3 Å². The smallest absolute Gasteiger partial charge is 0.307 e. The van der Waals surface area contributed by atoms with Crippen LogP contribution in [0, 0.1) is 0 Å². The summed E-state index contributed by atoms with van der Waals surface area (Å²) < 4.78 is 59.7. The average Bonchev–Trinajstić information content (AvgIpc) is 2.70. The summed E-state index contributed by atoms with van der Waals surface area (Å²) in [6.07, 6.45) is 0.483. The molecule has 0 spiro atoms. The minimum atomic E-state index is -4.83. The summed E-state index contributed by atoms with van der Waals surface area (Å²) in [5, 5.41) is -1.43. The first-order valence-electron chi connectivity index (χ1n) is 5.88. The van der Waals surface area contributed by atoms with Gasteiger partial charge < -0.3 is 4.90 Å². The Hall–Kier alpha value is -1.68. The molecule has 116 valence electrons. The molecule has 10 heteroatoms. The van der Waals surface area contributed by atoms with Gasteiger partial charge in [0.2, 0.25) is 15.9 Å². The molecule has 1 atom stereocenters. The Morgan fingerprint density at radius 2 is 1.86 bits per heavy atom. The molecule has 0 aromatic heterocycles. The van der Waals surface area contributed by atoms with Crippen LogP contribution in [0.5, 0.6) is 0 Å². The van der Waals surface area contributed by atoms with Crippen LogP contribution in [0.2, 0.25) is 0 Å². The maximum Gasteiger partial charge on any atom is 0.307 e. The summed E-state index contributed by atoms with van der Waals surface area (Å²) >= 11 is 0. The van der Waals surface area contributed by atoms with Crippen LogP contribution in [0.3, 0.4) is 0 Å². The van der Waals surface area contributed by atoms with Crippen LogP contribution in [0.1, 0.15) is 6.42 Å². The normalized spacial score (nSPS) is 19.8. The molecule has 0 saturated carbocycles. The molecule has 0 aliphatic carbocycles. The average molecular weight is 336 g/mol. The van der Waals surface area contributed by atoms with Crippen molar-refractivity contribution in [1.29, 1.82) is 0 Å². The molecule has 1 aromatic carbocycles. The molecule has 1 aromatic rings. The van der Waals surface area contributed by atoms with E-state index < -0.39 is 37.8 Å². The van der Waals surface area contributed by atoms with Crippen LogP contribution in [0.4, 0.5) is 15.3 Å². The summed E-state index contributed by atoms with van der Waals surface area (Å²) in [5.74, 6) is -0.580. The molecule has 2 rings (SSSR count). The quantitative estimate of drug-likeness (QED) is 0.805. The minimum absolute atomic E-state index is 0.130. The molecular weight excluding hydrogens is 323 g/mol. The maximum atomic E-state index is 13.0. The lowest BCUT2D eigenvalue weighted by atomic mass is 10.2. The van der Waals surface area contributed by atoms with Gasteiger partial charge in [-0.25, -0.2) is 8.42 Å². The highest BCUT2D eigenvalue weighted by Crippen LogP contribution is 2.31. The Morgan fingerprint density at radius 1 is 1.24 bits per heavy atom. The van der Waals surface area contributed by atoms with Crippen molar-refractivity contribution in [2.45, 2.75) is 11.7 Å². The molecular formula is C11H13FN2O5S2. The number of carbonyl (C=O) groups excluding carboxylic acids is 1. The third kappa shape index (κ3) is 3.70. The molecule has 0 radical (unpaired) electrons. The molecule has 0 bridgehead atoms. The largest absolute Gasteiger partial charge is 0.309 e. The van der Waals surface area contributed by atoms with Crippen molar-refractivity contribution in [3.05, 3.63) is 24.3 Å². The number of anilines is 2. The highest BCUT2D eigenvalue weighted by Gasteiger charge is 2.39. The molecule has 1 aliphatic rings. The van der Waals surface area contributed by atoms with E-state index in [9.17, 15) is 25.5 Å². The second-order valence-corrected chi connectivity index (χ2v) is 8.06. The van der Waals surface area contributed by atoms with E-state index in [0.717, 1.165) is 11.2 Å². The fourth-order valence-electron chi connectivity index (χ4n) is 2.09. The molecule has 1 amide bonds. The van der Waals surface area contributed by atoms with Gasteiger partial charge in [0.15, 0.2) is 0 Å². The van der Waals surface area contributed by atoms with Gasteiger partial charge >= 0.3 is 10.2 Å². The number of para-hydroxylation sites is 2. The number of nitrogens with one attached hydrogen (secondary N) is 1. The molecule has 1 N–H and O–H groups in total. The second kappa shape index (κ2) is 5.26. The zero-order chi connectivity index (χ0) is 15.8. The number of hydrogen-bond acceptors (Lipinski definition) is 5. The van der Waals surface area contributed by atoms with Gasteiger partial charge in [0, 0.05) is 13.0 Å². The van der Waals surface area contributed by atoms with Gasteiger partial charge in [0.1, 0.15) is 5.25 Å². The Balaban J connectivity index is 2.37. The number of nitrogens with zero attached hydrogens (tertiary/aromatic N) is 1. The number of benzene rings is 1. The molecule has 1 fully saturated rings. The second-order valence-electron chi connectivity index (χ2n) is 4.70. The third-order valence-electron chi connectivity index (χ3n) is 2.98. The van der Waals surface area contributed by atoms with Crippen molar-refractivity contribution < 1.29 is 25.5 Å². The van der Waals surface area contributed by atoms with Crippen molar-refractivity contribution in [2.24, 2.45) is 0 Å². The number of halogens is 1. The van der Waals surface area contributed by atoms with Crippen LogP contribution in [0.25, 0.3) is 0 Å². The zero-order valence-corrected chi connectivity index (χ0v) is 12.6. The van der Waals surface area contributed by atoms with Crippen molar-refractivity contribution >= 4 is 37.5 Å². The van der Waals surface area contributed by atoms with Crippen LogP contribution >= 0.6 is 0 Å². The van der Waals surface area contributed by atoms with E-state index >= 15 is 0 Å². The SMILES string of the molecule is CS(=O)(=O)Nc1ccccc1N1CC(S(=O)(=O)F)CC1=O. The fourth-order valence-corrected chi connectivity index (χ4v) is 3.33. The first-order valence-corrected chi connectivity index (χ1v) is 9.22. The van der Waals surface area contributed by atoms with Gasteiger partial charge in [-0.05, 0) is 12.1 Å². The monoisotopic (exact) mass is 336 g/mol. The Bertz CT molecular complexity index is 776. The van der Waals surface area contributed by atoms with Gasteiger partial charge in [-0.1, -0.05) is 12.1 Å². The van der Waals surface area contributed by atoms with E-state index in [1.54, 1.807) is 12.1 Å². The van der Waals surface area contributed by atoms with E-state index in [0.29, 0.717) is 0 Å². The van der Waals surface area contributed by atoms with E-state index in [4.69, 9.17) is 0 Å². The van der Waals surface area contributed by atoms with Crippen molar-refractivity contribution in [1.82, 2.24) is 0 Å². The Kier molecular flexibility index (Phi) is 3.93. The Labute approximate surface area is 122 Å². The number of amides is 1. The topological polar surface area (TPSA) is 101 Å². The standard InChI is InChI=1S/C11H13FN2O5S2/c1-20(16,17)13-9-4-2-3-5-10(9)14-7-8(6-11(14)15)21(12,18)19/h2-5,8,13H,6-7H2,1H3. The molecule has 1 saturated heterocycles. The summed E-state index contributed by atoms with van der Waals surface area (Å²) in [6, 6.07) is 6.01. The summed E-state index contributed by atoms with van der Waals surface area (Å²) in [5.41, 5.74) is 0.323. The number of hydrogen-bond donors (Lipinski definition) is 1. The van der Waals surface area contributed by atoms with Gasteiger partial charge in [-0.3, -0.25) is 9.52 Å². The lowest BCUT2D eigenvalue weighted by Gasteiger charge is -2.20. The van der Waals surface area contributed by atoms with Crippen molar-refractivity contribution in [2.75, 3.05) is 22.4 Å². The van der Waals surface area contributed by atoms with Crippen molar-refractivity contribution in [3.8, 4) is 0 Å². The highest BCUT2D eigenvalue weighted by molar-refractivity contribution is 7.92. The van der Waals surface area contributed by atoms with Gasteiger partial charge in [0.05, 0.1) is 17.6 Å². The van der Waals surface area contributed by atoms with Crippen LogP contribution in [-0.4, -0.2) is 40.8 Å². The van der Waals surface area contributed by atoms with Gasteiger partial charge in [-0.2, -0.15) is 8.42 Å². The first-order chi connectivity index (χ1) is 9.58. The lowest BCUT2D eigenvalue weighted by molar-refractivity contribution is -0.117. The zero-order valence-electron chi connectivity index (χ0n) is 11.0. The van der Waals surface area contributed by atoms with E-state index in [1.807, 2.05) is 0 Å². The molecule has 1 heterocycles. The molecule has 7 nitrogen and oxygen atoms in total. The van der Waals surface area contributed by atoms with Crippen LogP contribution in [-0.2, 0) is 25.0 Å². The highest BCUT2D eigenvalue weighted by atomic mass is 32.3. The lowest BCUT2D eigenvalue weighted by Crippen LogP contribution is -2.28. The molecule has 21 heavy (non-hydrogen) atoms. The maximum absolute atomic E-state index is 13.0. The van der Waals surface area contributed by atoms with Gasteiger partial charge in [-0.15, -0.1) is 3.89 Å². The minimum Gasteiger partial charge on any atom is -0.309 e.